The van der Waals surface area contributed by atoms with Gasteiger partial charge in [-0.15, -0.1) is 0 Å². The first-order chi connectivity index (χ1) is 8.60. The van der Waals surface area contributed by atoms with Gasteiger partial charge in [0.1, 0.15) is 6.04 Å². The van der Waals surface area contributed by atoms with Crippen molar-refractivity contribution in [2.75, 3.05) is 7.11 Å². The van der Waals surface area contributed by atoms with Crippen LogP contribution in [-0.4, -0.2) is 25.0 Å². The first-order valence-electron chi connectivity index (χ1n) is 6.04. The SMILES string of the molecule is COC(=O)C(C)NC(=O)C1(c2ccccc2)CC1. The summed E-state index contributed by atoms with van der Waals surface area (Å²) in [5.41, 5.74) is 0.573. The first-order valence-corrected chi connectivity index (χ1v) is 6.04. The van der Waals surface area contributed by atoms with E-state index in [1.54, 1.807) is 6.92 Å². The second-order valence-corrected chi connectivity index (χ2v) is 4.67. The fourth-order valence-corrected chi connectivity index (χ4v) is 2.10. The van der Waals surface area contributed by atoms with E-state index in [-0.39, 0.29) is 5.91 Å². The predicted molar refractivity (Wildman–Crippen MR) is 67.0 cm³/mol. The minimum atomic E-state index is -0.608. The van der Waals surface area contributed by atoms with E-state index in [0.717, 1.165) is 18.4 Å². The molecule has 96 valence electrons. The summed E-state index contributed by atoms with van der Waals surface area (Å²) >= 11 is 0. The average Bonchev–Trinajstić information content (AvgIpc) is 3.20. The van der Waals surface area contributed by atoms with Gasteiger partial charge >= 0.3 is 5.97 Å². The molecule has 18 heavy (non-hydrogen) atoms. The molecule has 0 aliphatic heterocycles. The molecule has 1 fully saturated rings. The normalized spacial score (nSPS) is 17.7. The molecular weight excluding hydrogens is 230 g/mol. The van der Waals surface area contributed by atoms with Crippen LogP contribution >= 0.6 is 0 Å². The Kier molecular flexibility index (Phi) is 3.36. The Morgan fingerprint density at radius 1 is 1.28 bits per heavy atom. The molecule has 4 heteroatoms. The fraction of sp³-hybridized carbons (Fsp3) is 0.429. The molecule has 1 aromatic carbocycles. The summed E-state index contributed by atoms with van der Waals surface area (Å²) in [4.78, 5) is 23.5. The second kappa shape index (κ2) is 4.80. The lowest BCUT2D eigenvalue weighted by atomic mass is 9.95. The van der Waals surface area contributed by atoms with Crippen LogP contribution in [0.2, 0.25) is 0 Å². The summed E-state index contributed by atoms with van der Waals surface area (Å²) in [5.74, 6) is -0.515. The maximum Gasteiger partial charge on any atom is 0.328 e. The van der Waals surface area contributed by atoms with Crippen molar-refractivity contribution in [2.24, 2.45) is 0 Å². The van der Waals surface area contributed by atoms with Crippen LogP contribution in [0.5, 0.6) is 0 Å². The Balaban J connectivity index is 2.08. The van der Waals surface area contributed by atoms with E-state index in [9.17, 15) is 9.59 Å². The van der Waals surface area contributed by atoms with E-state index in [4.69, 9.17) is 0 Å². The summed E-state index contributed by atoms with van der Waals surface area (Å²) in [6.45, 7) is 1.63. The monoisotopic (exact) mass is 247 g/mol. The molecule has 0 aromatic heterocycles. The molecule has 0 heterocycles. The van der Waals surface area contributed by atoms with Gasteiger partial charge in [-0.1, -0.05) is 30.3 Å². The highest BCUT2D eigenvalue weighted by Crippen LogP contribution is 2.48. The molecule has 1 saturated carbocycles. The van der Waals surface area contributed by atoms with Gasteiger partial charge in [-0.05, 0) is 25.3 Å². The van der Waals surface area contributed by atoms with Crippen molar-refractivity contribution in [3.05, 3.63) is 35.9 Å². The maximum atomic E-state index is 12.2. The number of amides is 1. The molecule has 2 rings (SSSR count). The lowest BCUT2D eigenvalue weighted by Crippen LogP contribution is -2.44. The van der Waals surface area contributed by atoms with E-state index in [2.05, 4.69) is 10.1 Å². The number of hydrogen-bond acceptors (Lipinski definition) is 3. The van der Waals surface area contributed by atoms with Crippen molar-refractivity contribution in [3.8, 4) is 0 Å². The molecule has 1 amide bonds. The number of benzene rings is 1. The molecule has 0 saturated heterocycles. The lowest BCUT2D eigenvalue weighted by molar-refractivity contribution is -0.144. The van der Waals surface area contributed by atoms with Crippen LogP contribution in [0, 0.1) is 0 Å². The lowest BCUT2D eigenvalue weighted by Gasteiger charge is -2.18. The molecule has 1 atom stereocenters. The zero-order chi connectivity index (χ0) is 13.2. The van der Waals surface area contributed by atoms with Crippen molar-refractivity contribution in [1.82, 2.24) is 5.32 Å². The Labute approximate surface area is 106 Å². The van der Waals surface area contributed by atoms with E-state index < -0.39 is 17.4 Å². The second-order valence-electron chi connectivity index (χ2n) is 4.67. The van der Waals surface area contributed by atoms with Gasteiger partial charge in [-0.25, -0.2) is 4.79 Å². The number of methoxy groups -OCH3 is 1. The quantitative estimate of drug-likeness (QED) is 0.818. The largest absolute Gasteiger partial charge is 0.467 e. The number of esters is 1. The molecule has 0 radical (unpaired) electrons. The van der Waals surface area contributed by atoms with Crippen LogP contribution in [0.25, 0.3) is 0 Å². The number of hydrogen-bond donors (Lipinski definition) is 1. The van der Waals surface area contributed by atoms with Crippen molar-refractivity contribution in [3.63, 3.8) is 0 Å². The van der Waals surface area contributed by atoms with Crippen molar-refractivity contribution < 1.29 is 14.3 Å². The summed E-state index contributed by atoms with van der Waals surface area (Å²) in [5, 5.41) is 2.72. The van der Waals surface area contributed by atoms with Crippen LogP contribution in [0.15, 0.2) is 30.3 Å². The van der Waals surface area contributed by atoms with Gasteiger partial charge in [-0.2, -0.15) is 0 Å². The Bertz CT molecular complexity index is 451. The van der Waals surface area contributed by atoms with Crippen molar-refractivity contribution >= 4 is 11.9 Å². The molecule has 0 bridgehead atoms. The highest BCUT2D eigenvalue weighted by atomic mass is 16.5. The molecule has 4 nitrogen and oxygen atoms in total. The Hall–Kier alpha value is -1.84. The van der Waals surface area contributed by atoms with Crippen LogP contribution in [0.4, 0.5) is 0 Å². The third-order valence-corrected chi connectivity index (χ3v) is 3.41. The van der Waals surface area contributed by atoms with E-state index in [0.29, 0.717) is 0 Å². The number of rotatable bonds is 4. The van der Waals surface area contributed by atoms with Crippen LogP contribution in [0.3, 0.4) is 0 Å². The average molecular weight is 247 g/mol. The number of carbonyl (C=O) groups is 2. The molecule has 0 spiro atoms. The van der Waals surface area contributed by atoms with Gasteiger partial charge in [-0.3, -0.25) is 4.79 Å². The molecule has 1 aliphatic rings. The molecule has 1 aromatic rings. The van der Waals surface area contributed by atoms with Crippen LogP contribution < -0.4 is 5.32 Å². The first kappa shape index (κ1) is 12.6. The van der Waals surface area contributed by atoms with E-state index in [1.165, 1.54) is 7.11 Å². The van der Waals surface area contributed by atoms with E-state index >= 15 is 0 Å². The van der Waals surface area contributed by atoms with E-state index in [1.807, 2.05) is 30.3 Å². The third-order valence-electron chi connectivity index (χ3n) is 3.41. The summed E-state index contributed by atoms with van der Waals surface area (Å²) in [7, 11) is 1.31. The zero-order valence-corrected chi connectivity index (χ0v) is 10.6. The van der Waals surface area contributed by atoms with Crippen molar-refractivity contribution in [1.29, 1.82) is 0 Å². The van der Waals surface area contributed by atoms with Gasteiger partial charge in [0.25, 0.3) is 0 Å². The number of ether oxygens (including phenoxy) is 1. The van der Waals surface area contributed by atoms with Gasteiger partial charge in [0, 0.05) is 0 Å². The fourth-order valence-electron chi connectivity index (χ4n) is 2.10. The van der Waals surface area contributed by atoms with Gasteiger partial charge < -0.3 is 10.1 Å². The van der Waals surface area contributed by atoms with Gasteiger partial charge in [0.05, 0.1) is 12.5 Å². The molecule has 1 N–H and O–H groups in total. The number of carbonyl (C=O) groups excluding carboxylic acids is 2. The summed E-state index contributed by atoms with van der Waals surface area (Å²) < 4.78 is 4.60. The highest BCUT2D eigenvalue weighted by Gasteiger charge is 2.51. The molecule has 1 aliphatic carbocycles. The smallest absolute Gasteiger partial charge is 0.328 e. The van der Waals surface area contributed by atoms with Gasteiger partial charge in [0.15, 0.2) is 0 Å². The molecular formula is C14H17NO3. The Morgan fingerprint density at radius 3 is 2.39 bits per heavy atom. The van der Waals surface area contributed by atoms with Crippen LogP contribution in [0.1, 0.15) is 25.3 Å². The van der Waals surface area contributed by atoms with Gasteiger partial charge in [0.2, 0.25) is 5.91 Å². The van der Waals surface area contributed by atoms with Crippen molar-refractivity contribution in [2.45, 2.75) is 31.2 Å². The minimum Gasteiger partial charge on any atom is -0.467 e. The third kappa shape index (κ3) is 2.23. The topological polar surface area (TPSA) is 55.4 Å². The zero-order valence-electron chi connectivity index (χ0n) is 10.6. The molecule has 1 unspecified atom stereocenters. The number of nitrogens with one attached hydrogen (secondary N) is 1. The van der Waals surface area contributed by atoms with Crippen LogP contribution in [-0.2, 0) is 19.7 Å². The summed E-state index contributed by atoms with van der Waals surface area (Å²) in [6, 6.07) is 9.07. The standard InChI is InChI=1S/C14H17NO3/c1-10(12(16)18-2)15-13(17)14(8-9-14)11-6-4-3-5-7-11/h3-7,10H,8-9H2,1-2H3,(H,15,17). The maximum absolute atomic E-state index is 12.2. The summed E-state index contributed by atoms with van der Waals surface area (Å²) in [6.07, 6.45) is 1.66. The Morgan fingerprint density at radius 2 is 1.89 bits per heavy atom. The predicted octanol–water partition coefficient (Wildman–Crippen LogP) is 1.40. The highest BCUT2D eigenvalue weighted by molar-refractivity contribution is 5.94. The minimum absolute atomic E-state index is 0.0911.